The topological polar surface area (TPSA) is 70.2 Å². The summed E-state index contributed by atoms with van der Waals surface area (Å²) < 4.78 is 0. The van der Waals surface area contributed by atoms with Crippen molar-refractivity contribution in [2.75, 3.05) is 24.3 Å². The van der Waals surface area contributed by atoms with E-state index in [-0.39, 0.29) is 11.6 Å². The van der Waals surface area contributed by atoms with Crippen molar-refractivity contribution < 1.29 is 4.79 Å². The number of aromatic nitrogens is 2. The van der Waals surface area contributed by atoms with E-state index in [1.165, 1.54) is 0 Å². The summed E-state index contributed by atoms with van der Waals surface area (Å²) in [4.78, 5) is 14.3. The van der Waals surface area contributed by atoms with Crippen molar-refractivity contribution in [1.29, 1.82) is 0 Å². The van der Waals surface area contributed by atoms with Crippen LogP contribution < -0.4 is 15.5 Å². The van der Waals surface area contributed by atoms with Gasteiger partial charge >= 0.3 is 0 Å². The van der Waals surface area contributed by atoms with Gasteiger partial charge in [-0.15, -0.1) is 10.2 Å². The minimum absolute atomic E-state index is 0.245. The molecule has 0 saturated heterocycles. The number of rotatable bonds is 6. The summed E-state index contributed by atoms with van der Waals surface area (Å²) in [6.45, 7) is 2.48. The molecule has 27 heavy (non-hydrogen) atoms. The lowest BCUT2D eigenvalue weighted by Crippen LogP contribution is -2.24. The molecule has 3 rings (SSSR count). The Bertz CT molecular complexity index is 905. The summed E-state index contributed by atoms with van der Waals surface area (Å²) in [5.74, 6) is 0.341. The van der Waals surface area contributed by atoms with Crippen molar-refractivity contribution in [2.45, 2.75) is 13.5 Å². The average Bonchev–Trinajstić information content (AvgIpc) is 2.67. The van der Waals surface area contributed by atoms with Crippen LogP contribution in [0.25, 0.3) is 0 Å². The van der Waals surface area contributed by atoms with Gasteiger partial charge in [0, 0.05) is 32.0 Å². The SMILES string of the molecule is Cc1cccc(CNC(=O)c2ccc(Nc3ccc(N(C)C)cc3)nn2)c1. The zero-order chi connectivity index (χ0) is 19.2. The van der Waals surface area contributed by atoms with Crippen LogP contribution in [0.4, 0.5) is 17.2 Å². The van der Waals surface area contributed by atoms with Gasteiger partial charge in [0.15, 0.2) is 11.5 Å². The van der Waals surface area contributed by atoms with Crippen molar-refractivity contribution in [1.82, 2.24) is 15.5 Å². The average molecular weight is 361 g/mol. The first-order chi connectivity index (χ1) is 13.0. The summed E-state index contributed by atoms with van der Waals surface area (Å²) >= 11 is 0. The first-order valence-corrected chi connectivity index (χ1v) is 8.73. The molecular formula is C21H23N5O. The van der Waals surface area contributed by atoms with Gasteiger partial charge in [0.05, 0.1) is 0 Å². The normalized spacial score (nSPS) is 10.3. The Balaban J connectivity index is 1.58. The van der Waals surface area contributed by atoms with Crippen LogP contribution in [0.15, 0.2) is 60.7 Å². The molecular weight excluding hydrogens is 338 g/mol. The van der Waals surface area contributed by atoms with Crippen LogP contribution in [0.1, 0.15) is 21.6 Å². The molecule has 6 heteroatoms. The van der Waals surface area contributed by atoms with E-state index in [9.17, 15) is 4.79 Å². The van der Waals surface area contributed by atoms with Gasteiger partial charge in [0.1, 0.15) is 0 Å². The maximum atomic E-state index is 12.2. The van der Waals surface area contributed by atoms with Gasteiger partial charge in [-0.05, 0) is 48.9 Å². The summed E-state index contributed by atoms with van der Waals surface area (Å²) in [5, 5.41) is 14.1. The smallest absolute Gasteiger partial charge is 0.272 e. The molecule has 0 atom stereocenters. The van der Waals surface area contributed by atoms with E-state index >= 15 is 0 Å². The van der Waals surface area contributed by atoms with E-state index in [0.29, 0.717) is 12.4 Å². The third kappa shape index (κ3) is 5.04. The maximum Gasteiger partial charge on any atom is 0.272 e. The van der Waals surface area contributed by atoms with Gasteiger partial charge in [-0.1, -0.05) is 29.8 Å². The highest BCUT2D eigenvalue weighted by Gasteiger charge is 2.08. The third-order valence-electron chi connectivity index (χ3n) is 4.09. The Morgan fingerprint density at radius 3 is 2.41 bits per heavy atom. The third-order valence-corrected chi connectivity index (χ3v) is 4.09. The lowest BCUT2D eigenvalue weighted by molar-refractivity contribution is 0.0945. The largest absolute Gasteiger partial charge is 0.378 e. The van der Waals surface area contributed by atoms with E-state index in [4.69, 9.17) is 0 Å². The maximum absolute atomic E-state index is 12.2. The molecule has 138 valence electrons. The highest BCUT2D eigenvalue weighted by atomic mass is 16.1. The number of anilines is 3. The van der Waals surface area contributed by atoms with Gasteiger partial charge in [-0.25, -0.2) is 0 Å². The van der Waals surface area contributed by atoms with Crippen molar-refractivity contribution in [3.8, 4) is 0 Å². The Morgan fingerprint density at radius 1 is 1.00 bits per heavy atom. The lowest BCUT2D eigenvalue weighted by atomic mass is 10.1. The first kappa shape index (κ1) is 18.4. The fourth-order valence-corrected chi connectivity index (χ4v) is 2.61. The quantitative estimate of drug-likeness (QED) is 0.703. The second-order valence-corrected chi connectivity index (χ2v) is 6.54. The zero-order valence-corrected chi connectivity index (χ0v) is 15.7. The predicted molar refractivity (Wildman–Crippen MR) is 108 cm³/mol. The van der Waals surface area contributed by atoms with Crippen LogP contribution in [-0.4, -0.2) is 30.2 Å². The monoisotopic (exact) mass is 361 g/mol. The number of hydrogen-bond donors (Lipinski definition) is 2. The van der Waals surface area contributed by atoms with Gasteiger partial charge in [0.25, 0.3) is 5.91 Å². The Hall–Kier alpha value is -3.41. The van der Waals surface area contributed by atoms with Crippen LogP contribution in [0.2, 0.25) is 0 Å². The van der Waals surface area contributed by atoms with Gasteiger partial charge in [-0.3, -0.25) is 4.79 Å². The first-order valence-electron chi connectivity index (χ1n) is 8.73. The number of nitrogens with zero attached hydrogens (tertiary/aromatic N) is 3. The minimum Gasteiger partial charge on any atom is -0.378 e. The van der Waals surface area contributed by atoms with E-state index in [0.717, 1.165) is 22.5 Å². The van der Waals surface area contributed by atoms with Crippen LogP contribution >= 0.6 is 0 Å². The number of nitrogens with one attached hydrogen (secondary N) is 2. The van der Waals surface area contributed by atoms with E-state index < -0.39 is 0 Å². The van der Waals surface area contributed by atoms with Crippen molar-refractivity contribution in [3.63, 3.8) is 0 Å². The Kier molecular flexibility index (Phi) is 5.66. The number of benzene rings is 2. The van der Waals surface area contributed by atoms with Crippen LogP contribution in [0.3, 0.4) is 0 Å². The van der Waals surface area contributed by atoms with Crippen molar-refractivity contribution >= 4 is 23.1 Å². The lowest BCUT2D eigenvalue weighted by Gasteiger charge is -2.13. The summed E-state index contributed by atoms with van der Waals surface area (Å²) in [5.41, 5.74) is 4.53. The number of carbonyl (C=O) groups excluding carboxylic acids is 1. The fourth-order valence-electron chi connectivity index (χ4n) is 2.61. The molecule has 1 amide bonds. The number of amides is 1. The number of aryl methyl sites for hydroxylation is 1. The molecule has 6 nitrogen and oxygen atoms in total. The van der Waals surface area contributed by atoms with E-state index in [2.05, 4.69) is 20.8 Å². The number of carbonyl (C=O) groups is 1. The van der Waals surface area contributed by atoms with Crippen LogP contribution in [-0.2, 0) is 6.54 Å². The minimum atomic E-state index is -0.245. The van der Waals surface area contributed by atoms with Crippen molar-refractivity contribution in [3.05, 3.63) is 77.5 Å². The Morgan fingerprint density at radius 2 is 1.78 bits per heavy atom. The standard InChI is InChI=1S/C21H23N5O/c1-15-5-4-6-16(13-15)14-22-21(27)19-11-12-20(25-24-19)23-17-7-9-18(10-8-17)26(2)3/h4-13H,14H2,1-3H3,(H,22,27)(H,23,25). The molecule has 0 spiro atoms. The molecule has 0 bridgehead atoms. The van der Waals surface area contributed by atoms with Crippen LogP contribution in [0.5, 0.6) is 0 Å². The molecule has 0 unspecified atom stereocenters. The molecule has 0 fully saturated rings. The van der Waals surface area contributed by atoms with Crippen molar-refractivity contribution in [2.24, 2.45) is 0 Å². The second kappa shape index (κ2) is 8.31. The molecule has 0 aliphatic heterocycles. The molecule has 1 heterocycles. The molecule has 2 aromatic carbocycles. The zero-order valence-electron chi connectivity index (χ0n) is 15.7. The highest BCUT2D eigenvalue weighted by Crippen LogP contribution is 2.18. The van der Waals surface area contributed by atoms with Crippen LogP contribution in [0, 0.1) is 6.92 Å². The fraction of sp³-hybridized carbons (Fsp3) is 0.190. The highest BCUT2D eigenvalue weighted by molar-refractivity contribution is 5.92. The molecule has 0 saturated carbocycles. The van der Waals surface area contributed by atoms with Gasteiger partial charge < -0.3 is 15.5 Å². The second-order valence-electron chi connectivity index (χ2n) is 6.54. The molecule has 1 aromatic heterocycles. The van der Waals surface area contributed by atoms with Gasteiger partial charge in [-0.2, -0.15) is 0 Å². The van der Waals surface area contributed by atoms with E-state index in [1.54, 1.807) is 12.1 Å². The summed E-state index contributed by atoms with van der Waals surface area (Å²) in [6.07, 6.45) is 0. The molecule has 3 aromatic rings. The Labute approximate surface area is 159 Å². The van der Waals surface area contributed by atoms with Gasteiger partial charge in [0.2, 0.25) is 0 Å². The summed E-state index contributed by atoms with van der Waals surface area (Å²) in [6, 6.07) is 19.4. The predicted octanol–water partition coefficient (Wildman–Crippen LogP) is 3.52. The number of hydrogen-bond acceptors (Lipinski definition) is 5. The summed E-state index contributed by atoms with van der Waals surface area (Å²) in [7, 11) is 3.99. The molecule has 0 aliphatic rings. The van der Waals surface area contributed by atoms with E-state index in [1.807, 2.05) is 74.4 Å². The molecule has 2 N–H and O–H groups in total. The molecule has 0 aliphatic carbocycles. The molecule has 0 radical (unpaired) electrons.